The lowest BCUT2D eigenvalue weighted by molar-refractivity contribution is -0.138. The molecule has 3 atom stereocenters. The number of nitrogens with zero attached hydrogens (tertiary/aromatic N) is 3. The number of fused-ring (bicyclic) bond motifs is 2. The standard InChI is InChI=1S/C34H28F6N4O4S2/c1-3-42(4-2)21-14-12-18(13-15-21)25-26-27(30(47)44(29(26)46)23-11-6-5-10-22(23)34(38,39)40)49-31-28(25)50-32(48)43(31)17-24(45)41-20-9-7-8-19(16-20)33(35,36)37/h5-16,25-27H,3-4,17H2,1-2H3,(H,41,45)/t25-,26?,27?/m1/s1. The molecule has 0 spiro atoms. The summed E-state index contributed by atoms with van der Waals surface area (Å²) in [4.78, 5) is 57.0. The summed E-state index contributed by atoms with van der Waals surface area (Å²) in [6, 6.07) is 15.4. The molecule has 8 nitrogen and oxygen atoms in total. The molecule has 1 aromatic heterocycles. The molecule has 2 unspecified atom stereocenters. The lowest BCUT2D eigenvalue weighted by Crippen LogP contribution is -2.33. The van der Waals surface area contributed by atoms with Crippen LogP contribution in [0.1, 0.15) is 41.3 Å². The summed E-state index contributed by atoms with van der Waals surface area (Å²) in [6.07, 6.45) is -9.53. The van der Waals surface area contributed by atoms with E-state index in [1.165, 1.54) is 12.1 Å². The molecule has 50 heavy (non-hydrogen) atoms. The second-order valence-corrected chi connectivity index (χ2v) is 13.7. The zero-order chi connectivity index (χ0) is 36.1. The molecule has 262 valence electrons. The predicted octanol–water partition coefficient (Wildman–Crippen LogP) is 7.23. The molecule has 3 aromatic carbocycles. The molecule has 2 aliphatic heterocycles. The summed E-state index contributed by atoms with van der Waals surface area (Å²) >= 11 is 1.54. The summed E-state index contributed by atoms with van der Waals surface area (Å²) in [6.45, 7) is 4.73. The number of rotatable bonds is 8. The number of carbonyl (C=O) groups excluding carboxylic acids is 3. The lowest BCUT2D eigenvalue weighted by Gasteiger charge is -2.31. The fourth-order valence-electron chi connectivity index (χ4n) is 6.36. The molecule has 3 amide bonds. The number of alkyl halides is 6. The third-order valence-corrected chi connectivity index (χ3v) is 11.3. The second kappa shape index (κ2) is 13.3. The van der Waals surface area contributed by atoms with E-state index in [9.17, 15) is 45.5 Å². The number of benzene rings is 3. The maximum absolute atomic E-state index is 14.2. The molecule has 0 bridgehead atoms. The van der Waals surface area contributed by atoms with Crippen LogP contribution in [0.2, 0.25) is 0 Å². The van der Waals surface area contributed by atoms with Gasteiger partial charge in [-0.3, -0.25) is 23.7 Å². The van der Waals surface area contributed by atoms with E-state index in [2.05, 4.69) is 10.2 Å². The Balaban J connectivity index is 1.42. The van der Waals surface area contributed by atoms with Crippen LogP contribution in [0.5, 0.6) is 0 Å². The minimum absolute atomic E-state index is 0.156. The van der Waals surface area contributed by atoms with Gasteiger partial charge in [-0.1, -0.05) is 53.4 Å². The average Bonchev–Trinajstić information content (AvgIpc) is 3.51. The highest BCUT2D eigenvalue weighted by Gasteiger charge is 2.57. The molecule has 0 saturated carbocycles. The summed E-state index contributed by atoms with van der Waals surface area (Å²) in [5.74, 6) is -4.72. The van der Waals surface area contributed by atoms with Gasteiger partial charge in [0.25, 0.3) is 0 Å². The minimum atomic E-state index is -4.87. The number of anilines is 3. The fourth-order valence-corrected chi connectivity index (χ4v) is 9.13. The van der Waals surface area contributed by atoms with Crippen LogP contribution in [0, 0.1) is 5.92 Å². The van der Waals surface area contributed by atoms with E-state index in [0.717, 1.165) is 69.8 Å². The number of hydrogen-bond donors (Lipinski definition) is 1. The van der Waals surface area contributed by atoms with Gasteiger partial charge >= 0.3 is 17.2 Å². The van der Waals surface area contributed by atoms with Crippen molar-refractivity contribution in [3.05, 3.63) is 104 Å². The quantitative estimate of drug-likeness (QED) is 0.152. The molecule has 1 fully saturated rings. The van der Waals surface area contributed by atoms with Crippen LogP contribution in [0.15, 0.2) is 82.6 Å². The molecule has 2 aliphatic rings. The van der Waals surface area contributed by atoms with Crippen molar-refractivity contribution in [3.8, 4) is 0 Å². The van der Waals surface area contributed by atoms with Crippen molar-refractivity contribution in [2.45, 2.75) is 48.9 Å². The van der Waals surface area contributed by atoms with E-state index in [4.69, 9.17) is 0 Å². The molecule has 0 aliphatic carbocycles. The molecule has 0 radical (unpaired) electrons. The van der Waals surface area contributed by atoms with Crippen molar-refractivity contribution in [1.29, 1.82) is 0 Å². The Morgan fingerprint density at radius 3 is 2.18 bits per heavy atom. The zero-order valence-corrected chi connectivity index (χ0v) is 28.0. The van der Waals surface area contributed by atoms with Crippen LogP contribution in [0.25, 0.3) is 0 Å². The normalized spacial score (nSPS) is 19.0. The Morgan fingerprint density at radius 2 is 1.54 bits per heavy atom. The fraction of sp³-hybridized carbons (Fsp3) is 0.294. The average molecular weight is 735 g/mol. The number of amides is 3. The number of para-hydroxylation sites is 1. The number of thiazole rings is 1. The van der Waals surface area contributed by atoms with Gasteiger partial charge in [0.05, 0.1) is 27.8 Å². The van der Waals surface area contributed by atoms with Crippen LogP contribution in [-0.4, -0.2) is 40.6 Å². The molecular formula is C34H28F6N4O4S2. The highest BCUT2D eigenvalue weighted by Crippen LogP contribution is 2.54. The number of nitrogens with one attached hydrogen (secondary N) is 1. The Labute approximate surface area is 289 Å². The largest absolute Gasteiger partial charge is 0.418 e. The van der Waals surface area contributed by atoms with Gasteiger partial charge in [-0.25, -0.2) is 4.90 Å². The van der Waals surface area contributed by atoms with Crippen molar-refractivity contribution in [1.82, 2.24) is 4.57 Å². The summed E-state index contributed by atoms with van der Waals surface area (Å²) < 4.78 is 83.0. The maximum atomic E-state index is 14.2. The molecule has 4 aromatic rings. The molecule has 1 saturated heterocycles. The zero-order valence-electron chi connectivity index (χ0n) is 26.3. The highest BCUT2D eigenvalue weighted by molar-refractivity contribution is 8.00. The highest BCUT2D eigenvalue weighted by atomic mass is 32.2. The first-order valence-electron chi connectivity index (χ1n) is 15.4. The van der Waals surface area contributed by atoms with Gasteiger partial charge < -0.3 is 10.2 Å². The van der Waals surface area contributed by atoms with Gasteiger partial charge in [0.15, 0.2) is 0 Å². The lowest BCUT2D eigenvalue weighted by atomic mass is 9.83. The second-order valence-electron chi connectivity index (χ2n) is 11.6. The number of carbonyl (C=O) groups is 3. The first-order chi connectivity index (χ1) is 23.6. The number of hydrogen-bond acceptors (Lipinski definition) is 7. The third-order valence-electron chi connectivity index (χ3n) is 8.66. The number of thioether (sulfide) groups is 1. The number of aromatic nitrogens is 1. The van der Waals surface area contributed by atoms with Crippen LogP contribution in [0.3, 0.4) is 0 Å². The van der Waals surface area contributed by atoms with Gasteiger partial charge in [-0.15, -0.1) is 0 Å². The SMILES string of the molecule is CCN(CC)c1ccc([C@H]2c3sc(=O)n(CC(=O)Nc4cccc(C(F)(F)F)c4)c3SC3C(=O)N(c4ccccc4C(F)(F)F)C(=O)C32)cc1. The number of imide groups is 1. The van der Waals surface area contributed by atoms with E-state index in [-0.39, 0.29) is 10.7 Å². The van der Waals surface area contributed by atoms with E-state index in [1.807, 2.05) is 26.0 Å². The van der Waals surface area contributed by atoms with Gasteiger partial charge in [-0.2, -0.15) is 26.3 Å². The first kappa shape index (κ1) is 35.3. The smallest absolute Gasteiger partial charge is 0.372 e. The van der Waals surface area contributed by atoms with Crippen LogP contribution >= 0.6 is 23.1 Å². The van der Waals surface area contributed by atoms with Crippen molar-refractivity contribution in [2.24, 2.45) is 5.92 Å². The Morgan fingerprint density at radius 1 is 0.860 bits per heavy atom. The Bertz CT molecular complexity index is 2020. The van der Waals surface area contributed by atoms with Gasteiger partial charge in [0.1, 0.15) is 11.8 Å². The Hall–Kier alpha value is -4.57. The first-order valence-corrected chi connectivity index (χ1v) is 17.1. The summed E-state index contributed by atoms with van der Waals surface area (Å²) in [5, 5.41) is 1.28. The Kier molecular flexibility index (Phi) is 9.37. The summed E-state index contributed by atoms with van der Waals surface area (Å²) in [7, 11) is 0. The van der Waals surface area contributed by atoms with E-state index >= 15 is 0 Å². The molecule has 3 heterocycles. The predicted molar refractivity (Wildman–Crippen MR) is 178 cm³/mol. The van der Waals surface area contributed by atoms with Crippen LogP contribution < -0.4 is 20.0 Å². The summed E-state index contributed by atoms with van der Waals surface area (Å²) in [5.41, 5.74) is -1.52. The van der Waals surface area contributed by atoms with Crippen LogP contribution in [0.4, 0.5) is 43.4 Å². The molecule has 16 heteroatoms. The molecule has 1 N–H and O–H groups in total. The van der Waals surface area contributed by atoms with E-state index in [0.29, 0.717) is 28.4 Å². The van der Waals surface area contributed by atoms with Crippen molar-refractivity contribution in [3.63, 3.8) is 0 Å². The van der Waals surface area contributed by atoms with Crippen LogP contribution in [-0.2, 0) is 33.3 Å². The maximum Gasteiger partial charge on any atom is 0.418 e. The topological polar surface area (TPSA) is 91.7 Å². The monoisotopic (exact) mass is 734 g/mol. The minimum Gasteiger partial charge on any atom is -0.372 e. The van der Waals surface area contributed by atoms with E-state index in [1.54, 1.807) is 12.1 Å². The molecule has 6 rings (SSSR count). The van der Waals surface area contributed by atoms with Crippen molar-refractivity contribution >= 4 is 57.9 Å². The third kappa shape index (κ3) is 6.41. The van der Waals surface area contributed by atoms with Crippen molar-refractivity contribution in [2.75, 3.05) is 28.2 Å². The van der Waals surface area contributed by atoms with Gasteiger partial charge in [-0.05, 0) is 61.9 Å². The molecular weight excluding hydrogens is 707 g/mol. The van der Waals surface area contributed by atoms with Crippen molar-refractivity contribution < 1.29 is 40.7 Å². The number of halogens is 6. The van der Waals surface area contributed by atoms with E-state index < -0.39 is 75.4 Å². The van der Waals surface area contributed by atoms with Gasteiger partial charge in [0.2, 0.25) is 17.7 Å². The van der Waals surface area contributed by atoms with Gasteiger partial charge in [0, 0.05) is 35.3 Å².